The van der Waals surface area contributed by atoms with Crippen LogP contribution in [-0.4, -0.2) is 25.2 Å². The number of nitrogens with zero attached hydrogens (tertiary/aromatic N) is 2. The number of anilines is 1. The van der Waals surface area contributed by atoms with Crippen molar-refractivity contribution in [3.8, 4) is 0 Å². The Morgan fingerprint density at radius 3 is 2.64 bits per heavy atom. The molecule has 0 saturated carbocycles. The summed E-state index contributed by atoms with van der Waals surface area (Å²) >= 11 is 0. The normalized spacial score (nSPS) is 12.0. The minimum Gasteiger partial charge on any atom is -0.278 e. The molecule has 0 atom stereocenters. The van der Waals surface area contributed by atoms with Gasteiger partial charge >= 0.3 is 0 Å². The molecule has 25 heavy (non-hydrogen) atoms. The highest BCUT2D eigenvalue weighted by molar-refractivity contribution is 7.92. The topological polar surface area (TPSA) is 66.1 Å². The van der Waals surface area contributed by atoms with Gasteiger partial charge < -0.3 is 0 Å². The highest BCUT2D eigenvalue weighted by Gasteiger charge is 2.27. The Kier molecular flexibility index (Phi) is 4.51. The second kappa shape index (κ2) is 6.48. The summed E-state index contributed by atoms with van der Waals surface area (Å²) in [5, 5.41) is 7.45. The molecule has 3 aromatic rings. The Labute approximate surface area is 146 Å². The molecule has 3 rings (SSSR count). The van der Waals surface area contributed by atoms with E-state index in [1.807, 2.05) is 13.8 Å². The Bertz CT molecular complexity index is 1010. The summed E-state index contributed by atoms with van der Waals surface area (Å²) in [6.45, 7) is 5.90. The van der Waals surface area contributed by atoms with Gasteiger partial charge in [-0.15, -0.1) is 0 Å². The van der Waals surface area contributed by atoms with Crippen LogP contribution >= 0.6 is 0 Å². The third-order valence-corrected chi connectivity index (χ3v) is 5.73. The zero-order valence-electron chi connectivity index (χ0n) is 14.3. The SMILES string of the molecule is Cc1cc(F)ccc1N(CC(C)C)S(=O)(=O)c1ccc2[nH]ncc2c1. The molecular weight excluding hydrogens is 341 g/mol. The van der Waals surface area contributed by atoms with Crippen molar-refractivity contribution < 1.29 is 12.8 Å². The average molecular weight is 361 g/mol. The van der Waals surface area contributed by atoms with Crippen LogP contribution in [0.5, 0.6) is 0 Å². The first kappa shape index (κ1) is 17.4. The van der Waals surface area contributed by atoms with Gasteiger partial charge in [0.2, 0.25) is 0 Å². The van der Waals surface area contributed by atoms with Crippen molar-refractivity contribution in [2.75, 3.05) is 10.8 Å². The number of aryl methyl sites for hydroxylation is 1. The van der Waals surface area contributed by atoms with Crippen molar-refractivity contribution in [1.82, 2.24) is 10.2 Å². The number of hydrogen-bond donors (Lipinski definition) is 1. The van der Waals surface area contributed by atoms with Gasteiger partial charge in [-0.25, -0.2) is 12.8 Å². The molecule has 132 valence electrons. The van der Waals surface area contributed by atoms with Crippen molar-refractivity contribution in [3.05, 3.63) is 54.0 Å². The zero-order valence-corrected chi connectivity index (χ0v) is 15.1. The number of rotatable bonds is 5. The summed E-state index contributed by atoms with van der Waals surface area (Å²) in [5.74, 6) is -0.278. The van der Waals surface area contributed by atoms with Gasteiger partial charge in [0.05, 0.1) is 22.3 Å². The van der Waals surface area contributed by atoms with Gasteiger partial charge in [-0.3, -0.25) is 9.40 Å². The molecule has 1 N–H and O–H groups in total. The lowest BCUT2D eigenvalue weighted by atomic mass is 10.1. The number of fused-ring (bicyclic) bond motifs is 1. The lowest BCUT2D eigenvalue weighted by Gasteiger charge is -2.27. The van der Waals surface area contributed by atoms with E-state index in [0.29, 0.717) is 17.8 Å². The molecule has 5 nitrogen and oxygen atoms in total. The Hall–Kier alpha value is -2.41. The highest BCUT2D eigenvalue weighted by Crippen LogP contribution is 2.29. The molecule has 1 heterocycles. The molecule has 0 aliphatic rings. The molecule has 0 aliphatic carbocycles. The van der Waals surface area contributed by atoms with Crippen LogP contribution in [0.1, 0.15) is 19.4 Å². The number of aromatic nitrogens is 2. The van der Waals surface area contributed by atoms with Gasteiger partial charge in [-0.05, 0) is 54.8 Å². The fourth-order valence-corrected chi connectivity index (χ4v) is 4.49. The quantitative estimate of drug-likeness (QED) is 0.750. The fourth-order valence-electron chi connectivity index (χ4n) is 2.76. The van der Waals surface area contributed by atoms with Gasteiger partial charge in [0.25, 0.3) is 10.0 Å². The van der Waals surface area contributed by atoms with Gasteiger partial charge in [-0.2, -0.15) is 5.10 Å². The Balaban J connectivity index is 2.13. The smallest absolute Gasteiger partial charge is 0.264 e. The van der Waals surface area contributed by atoms with E-state index in [-0.39, 0.29) is 16.6 Å². The Morgan fingerprint density at radius 2 is 1.96 bits per heavy atom. The number of aromatic amines is 1. The minimum absolute atomic E-state index is 0.108. The maximum Gasteiger partial charge on any atom is 0.264 e. The van der Waals surface area contributed by atoms with Crippen LogP contribution in [0.2, 0.25) is 0 Å². The number of halogens is 1. The summed E-state index contributed by atoms with van der Waals surface area (Å²) < 4.78 is 41.4. The van der Waals surface area contributed by atoms with Crippen molar-refractivity contribution in [3.63, 3.8) is 0 Å². The summed E-state index contributed by atoms with van der Waals surface area (Å²) in [5.41, 5.74) is 1.84. The molecule has 0 amide bonds. The minimum atomic E-state index is -3.78. The lowest BCUT2D eigenvalue weighted by molar-refractivity contribution is 0.577. The standard InChI is InChI=1S/C18H20FN3O2S/c1-12(2)11-22(18-7-4-15(19)8-13(18)3)25(23,24)16-5-6-17-14(9-16)10-20-21-17/h4-10,12H,11H2,1-3H3,(H,20,21). The van der Waals surface area contributed by atoms with E-state index in [1.165, 1.54) is 22.5 Å². The van der Waals surface area contributed by atoms with Crippen LogP contribution < -0.4 is 4.31 Å². The van der Waals surface area contributed by atoms with Crippen LogP contribution in [0.25, 0.3) is 10.9 Å². The molecule has 0 spiro atoms. The van der Waals surface area contributed by atoms with E-state index in [9.17, 15) is 12.8 Å². The first-order valence-electron chi connectivity index (χ1n) is 8.01. The molecule has 0 bridgehead atoms. The van der Waals surface area contributed by atoms with Crippen LogP contribution in [-0.2, 0) is 10.0 Å². The van der Waals surface area contributed by atoms with Crippen LogP contribution in [0.15, 0.2) is 47.5 Å². The molecule has 0 fully saturated rings. The van der Waals surface area contributed by atoms with E-state index in [1.54, 1.807) is 31.3 Å². The van der Waals surface area contributed by atoms with E-state index >= 15 is 0 Å². The van der Waals surface area contributed by atoms with Crippen molar-refractivity contribution >= 4 is 26.6 Å². The number of nitrogens with one attached hydrogen (secondary N) is 1. The highest BCUT2D eigenvalue weighted by atomic mass is 32.2. The third kappa shape index (κ3) is 3.37. The van der Waals surface area contributed by atoms with E-state index in [2.05, 4.69) is 10.2 Å². The average Bonchev–Trinajstić information content (AvgIpc) is 3.00. The number of H-pyrrole nitrogens is 1. The predicted octanol–water partition coefficient (Wildman–Crippen LogP) is 3.86. The van der Waals surface area contributed by atoms with E-state index < -0.39 is 10.0 Å². The van der Waals surface area contributed by atoms with Gasteiger partial charge in [0.1, 0.15) is 5.82 Å². The van der Waals surface area contributed by atoms with Gasteiger partial charge in [0, 0.05) is 11.9 Å². The molecule has 0 saturated heterocycles. The Morgan fingerprint density at radius 1 is 1.20 bits per heavy atom. The van der Waals surface area contributed by atoms with Crippen LogP contribution in [0.4, 0.5) is 10.1 Å². The summed E-state index contributed by atoms with van der Waals surface area (Å²) in [6.07, 6.45) is 1.59. The van der Waals surface area contributed by atoms with E-state index in [0.717, 1.165) is 10.9 Å². The molecule has 0 aliphatic heterocycles. The van der Waals surface area contributed by atoms with Crippen molar-refractivity contribution in [2.45, 2.75) is 25.7 Å². The van der Waals surface area contributed by atoms with Crippen LogP contribution in [0.3, 0.4) is 0 Å². The predicted molar refractivity (Wildman–Crippen MR) is 96.6 cm³/mol. The molecule has 1 aromatic heterocycles. The third-order valence-electron chi connectivity index (χ3n) is 3.96. The summed E-state index contributed by atoms with van der Waals surface area (Å²) in [7, 11) is -3.78. The second-order valence-electron chi connectivity index (χ2n) is 6.48. The zero-order chi connectivity index (χ0) is 18.2. The molecule has 2 aromatic carbocycles. The molecule has 7 heteroatoms. The van der Waals surface area contributed by atoms with Gasteiger partial charge in [0.15, 0.2) is 0 Å². The maximum absolute atomic E-state index is 13.5. The molecule has 0 radical (unpaired) electrons. The molecular formula is C18H20FN3O2S. The van der Waals surface area contributed by atoms with E-state index in [4.69, 9.17) is 0 Å². The van der Waals surface area contributed by atoms with Crippen LogP contribution in [0, 0.1) is 18.7 Å². The number of benzene rings is 2. The fraction of sp³-hybridized carbons (Fsp3) is 0.278. The maximum atomic E-state index is 13.5. The van der Waals surface area contributed by atoms with Crippen molar-refractivity contribution in [1.29, 1.82) is 0 Å². The lowest BCUT2D eigenvalue weighted by Crippen LogP contribution is -2.34. The first-order valence-corrected chi connectivity index (χ1v) is 9.45. The summed E-state index contributed by atoms with van der Waals surface area (Å²) in [6, 6.07) is 8.99. The number of hydrogen-bond acceptors (Lipinski definition) is 3. The second-order valence-corrected chi connectivity index (χ2v) is 8.34. The summed E-state index contributed by atoms with van der Waals surface area (Å²) in [4.78, 5) is 0.186. The monoisotopic (exact) mass is 361 g/mol. The first-order chi connectivity index (χ1) is 11.8. The molecule has 0 unspecified atom stereocenters. The van der Waals surface area contributed by atoms with Crippen molar-refractivity contribution in [2.24, 2.45) is 5.92 Å². The largest absolute Gasteiger partial charge is 0.278 e. The van der Waals surface area contributed by atoms with Gasteiger partial charge in [-0.1, -0.05) is 13.8 Å². The number of sulfonamides is 1.